The van der Waals surface area contributed by atoms with Crippen LogP contribution >= 0.6 is 28.3 Å². The number of halogens is 2. The predicted molar refractivity (Wildman–Crippen MR) is 79.4 cm³/mol. The lowest BCUT2D eigenvalue weighted by Crippen LogP contribution is -2.42. The summed E-state index contributed by atoms with van der Waals surface area (Å²) in [5.41, 5.74) is 5.47. The number of likely N-dealkylation sites (tertiary alicyclic amines) is 1. The van der Waals surface area contributed by atoms with Gasteiger partial charge in [-0.1, -0.05) is 0 Å². The summed E-state index contributed by atoms with van der Waals surface area (Å²) in [6.07, 6.45) is 3.57. The summed E-state index contributed by atoms with van der Waals surface area (Å²) in [5.74, 6) is -0.0387. The van der Waals surface area contributed by atoms with Gasteiger partial charge in [0.15, 0.2) is 0 Å². The molecule has 1 aromatic rings. The smallest absolute Gasteiger partial charge is 0.251 e. The topological polar surface area (TPSA) is 68.3 Å². The Balaban J connectivity index is 0.00000180. The van der Waals surface area contributed by atoms with Crippen molar-refractivity contribution in [3.05, 3.63) is 33.2 Å². The third-order valence-electron chi connectivity index (χ3n) is 3.22. The number of hydrogen-bond donors (Lipinski definition) is 1. The van der Waals surface area contributed by atoms with Gasteiger partial charge in [0.25, 0.3) is 5.56 Å². The second-order valence-corrected chi connectivity index (χ2v) is 5.35. The third kappa shape index (κ3) is 3.81. The molecule has 0 aromatic carbocycles. The summed E-state index contributed by atoms with van der Waals surface area (Å²) in [7, 11) is 0. The minimum atomic E-state index is -0.171. The largest absolute Gasteiger partial charge is 0.337 e. The van der Waals surface area contributed by atoms with E-state index in [9.17, 15) is 9.59 Å². The molecule has 2 heterocycles. The summed E-state index contributed by atoms with van der Waals surface area (Å²) in [5, 5.41) is 0. The SMILES string of the molecule is Cl.NCC1CCCN1C(=O)Cn1cc(Br)ccc1=O. The van der Waals surface area contributed by atoms with E-state index in [-0.39, 0.29) is 36.5 Å². The standard InChI is InChI=1S/C12H16BrN3O2.ClH/c13-9-3-4-11(17)15(7-9)8-12(18)16-5-1-2-10(16)6-14;/h3-4,7,10H,1-2,5-6,8,14H2;1H. The molecule has 2 N–H and O–H groups in total. The lowest BCUT2D eigenvalue weighted by atomic mass is 10.2. The normalized spacial score (nSPS) is 18.2. The van der Waals surface area contributed by atoms with Gasteiger partial charge >= 0.3 is 0 Å². The van der Waals surface area contributed by atoms with E-state index in [0.29, 0.717) is 6.54 Å². The molecule has 0 bridgehead atoms. The Labute approximate surface area is 126 Å². The molecule has 1 unspecified atom stereocenters. The van der Waals surface area contributed by atoms with Crippen molar-refractivity contribution >= 4 is 34.2 Å². The molecule has 2 rings (SSSR count). The molecule has 106 valence electrons. The van der Waals surface area contributed by atoms with Crippen LogP contribution in [0.25, 0.3) is 0 Å². The van der Waals surface area contributed by atoms with Crippen LogP contribution in [0.4, 0.5) is 0 Å². The summed E-state index contributed by atoms with van der Waals surface area (Å²) < 4.78 is 2.20. The first-order valence-corrected chi connectivity index (χ1v) is 6.76. The van der Waals surface area contributed by atoms with Gasteiger partial charge in [-0.25, -0.2) is 0 Å². The van der Waals surface area contributed by atoms with Gasteiger partial charge in [0.1, 0.15) is 6.54 Å². The van der Waals surface area contributed by atoms with Crippen molar-refractivity contribution in [3.8, 4) is 0 Å². The third-order valence-corrected chi connectivity index (χ3v) is 3.69. The van der Waals surface area contributed by atoms with Crippen LogP contribution < -0.4 is 11.3 Å². The molecule has 0 radical (unpaired) electrons. The van der Waals surface area contributed by atoms with E-state index in [2.05, 4.69) is 15.9 Å². The van der Waals surface area contributed by atoms with E-state index in [1.165, 1.54) is 10.6 Å². The van der Waals surface area contributed by atoms with Gasteiger partial charge in [0, 0.05) is 35.9 Å². The highest BCUT2D eigenvalue weighted by molar-refractivity contribution is 9.10. The van der Waals surface area contributed by atoms with Crippen LogP contribution in [-0.4, -0.2) is 34.5 Å². The average Bonchev–Trinajstić information content (AvgIpc) is 2.82. The fourth-order valence-corrected chi connectivity index (χ4v) is 2.65. The molecule has 7 heteroatoms. The lowest BCUT2D eigenvalue weighted by molar-refractivity contribution is -0.132. The Hall–Kier alpha value is -0.850. The predicted octanol–water partition coefficient (Wildman–Crippen LogP) is 0.982. The molecule has 1 fully saturated rings. The Kier molecular flexibility index (Phi) is 6.03. The van der Waals surface area contributed by atoms with Gasteiger partial charge in [0.2, 0.25) is 5.91 Å². The number of carbonyl (C=O) groups excluding carboxylic acids is 1. The monoisotopic (exact) mass is 349 g/mol. The van der Waals surface area contributed by atoms with E-state index < -0.39 is 0 Å². The summed E-state index contributed by atoms with van der Waals surface area (Å²) >= 11 is 3.29. The highest BCUT2D eigenvalue weighted by atomic mass is 79.9. The minimum absolute atomic E-state index is 0. The van der Waals surface area contributed by atoms with Gasteiger partial charge in [-0.05, 0) is 34.8 Å². The Morgan fingerprint density at radius 3 is 2.89 bits per heavy atom. The van der Waals surface area contributed by atoms with E-state index in [1.54, 1.807) is 17.2 Å². The summed E-state index contributed by atoms with van der Waals surface area (Å²) in [6, 6.07) is 3.24. The zero-order chi connectivity index (χ0) is 13.1. The van der Waals surface area contributed by atoms with Crippen molar-refractivity contribution in [1.82, 2.24) is 9.47 Å². The van der Waals surface area contributed by atoms with Crippen molar-refractivity contribution in [2.24, 2.45) is 5.73 Å². The molecule has 1 aliphatic heterocycles. The maximum atomic E-state index is 12.1. The number of amides is 1. The van der Waals surface area contributed by atoms with Gasteiger partial charge in [-0.15, -0.1) is 12.4 Å². The quantitative estimate of drug-likeness (QED) is 0.883. The second-order valence-electron chi connectivity index (χ2n) is 4.43. The lowest BCUT2D eigenvalue weighted by Gasteiger charge is -2.23. The average molecular weight is 351 g/mol. The number of nitrogens with zero attached hydrogens (tertiary/aromatic N) is 2. The number of nitrogens with two attached hydrogens (primary N) is 1. The summed E-state index contributed by atoms with van der Waals surface area (Å²) in [4.78, 5) is 25.5. The fourth-order valence-electron chi connectivity index (χ4n) is 2.27. The minimum Gasteiger partial charge on any atom is -0.337 e. The maximum Gasteiger partial charge on any atom is 0.251 e. The van der Waals surface area contributed by atoms with E-state index >= 15 is 0 Å². The molecular formula is C12H17BrClN3O2. The van der Waals surface area contributed by atoms with Crippen molar-refractivity contribution < 1.29 is 4.79 Å². The molecule has 19 heavy (non-hydrogen) atoms. The van der Waals surface area contributed by atoms with Crippen LogP contribution in [0.15, 0.2) is 27.6 Å². The first-order chi connectivity index (χ1) is 8.61. The Morgan fingerprint density at radius 1 is 1.47 bits per heavy atom. The number of hydrogen-bond acceptors (Lipinski definition) is 3. The molecule has 0 aliphatic carbocycles. The fraction of sp³-hybridized carbons (Fsp3) is 0.500. The van der Waals surface area contributed by atoms with Crippen LogP contribution in [0.1, 0.15) is 12.8 Å². The van der Waals surface area contributed by atoms with Gasteiger partial charge in [0.05, 0.1) is 0 Å². The molecule has 1 amide bonds. The highest BCUT2D eigenvalue weighted by Gasteiger charge is 2.27. The zero-order valence-corrected chi connectivity index (χ0v) is 12.8. The summed E-state index contributed by atoms with van der Waals surface area (Å²) in [6.45, 7) is 1.30. The number of aromatic nitrogens is 1. The van der Waals surface area contributed by atoms with Crippen LogP contribution in [-0.2, 0) is 11.3 Å². The molecule has 1 aliphatic rings. The number of carbonyl (C=O) groups is 1. The zero-order valence-electron chi connectivity index (χ0n) is 10.4. The van der Waals surface area contributed by atoms with Gasteiger partial charge in [-0.2, -0.15) is 0 Å². The van der Waals surface area contributed by atoms with Crippen LogP contribution in [0.5, 0.6) is 0 Å². The van der Waals surface area contributed by atoms with Crippen molar-refractivity contribution in [3.63, 3.8) is 0 Å². The second kappa shape index (κ2) is 7.07. The molecule has 5 nitrogen and oxygen atoms in total. The molecule has 1 aromatic heterocycles. The molecule has 1 atom stereocenters. The molecule has 1 saturated heterocycles. The maximum absolute atomic E-state index is 12.1. The van der Waals surface area contributed by atoms with Gasteiger partial charge < -0.3 is 15.2 Å². The first-order valence-electron chi connectivity index (χ1n) is 5.97. The van der Waals surface area contributed by atoms with Crippen LogP contribution in [0.3, 0.4) is 0 Å². The highest BCUT2D eigenvalue weighted by Crippen LogP contribution is 2.16. The Morgan fingerprint density at radius 2 is 2.21 bits per heavy atom. The van der Waals surface area contributed by atoms with Crippen molar-refractivity contribution in [1.29, 1.82) is 0 Å². The van der Waals surface area contributed by atoms with Crippen molar-refractivity contribution in [2.45, 2.75) is 25.4 Å². The molecule has 0 saturated carbocycles. The molecular weight excluding hydrogens is 334 g/mol. The van der Waals surface area contributed by atoms with Crippen LogP contribution in [0, 0.1) is 0 Å². The van der Waals surface area contributed by atoms with Crippen molar-refractivity contribution in [2.75, 3.05) is 13.1 Å². The first kappa shape index (κ1) is 16.2. The Bertz CT molecular complexity index is 506. The molecule has 0 spiro atoms. The van der Waals surface area contributed by atoms with Gasteiger partial charge in [-0.3, -0.25) is 9.59 Å². The number of pyridine rings is 1. The van der Waals surface area contributed by atoms with E-state index in [4.69, 9.17) is 5.73 Å². The van der Waals surface area contributed by atoms with Crippen LogP contribution in [0.2, 0.25) is 0 Å². The van der Waals surface area contributed by atoms with E-state index in [1.807, 2.05) is 0 Å². The number of rotatable bonds is 3. The van der Waals surface area contributed by atoms with E-state index in [0.717, 1.165) is 23.9 Å².